The van der Waals surface area contributed by atoms with Crippen molar-refractivity contribution in [3.8, 4) is 0 Å². The molecule has 0 saturated heterocycles. The highest BCUT2D eigenvalue weighted by molar-refractivity contribution is 5.71. The maximum absolute atomic E-state index is 12.8. The van der Waals surface area contributed by atoms with E-state index in [1.165, 1.54) is 205 Å². The van der Waals surface area contributed by atoms with E-state index in [9.17, 15) is 14.4 Å². The molecule has 0 aliphatic carbocycles. The summed E-state index contributed by atoms with van der Waals surface area (Å²) in [5.74, 6) is -0.871. The Morgan fingerprint density at radius 1 is 0.292 bits per heavy atom. The predicted octanol–water partition coefficient (Wildman–Crippen LogP) is 19.1. The van der Waals surface area contributed by atoms with Gasteiger partial charge in [-0.1, -0.05) is 251 Å². The summed E-state index contributed by atoms with van der Waals surface area (Å²) < 4.78 is 16.9. The molecule has 0 rings (SSSR count). The largest absolute Gasteiger partial charge is 0.462 e. The second-order valence-corrected chi connectivity index (χ2v) is 19.6. The van der Waals surface area contributed by atoms with Crippen molar-refractivity contribution in [1.29, 1.82) is 0 Å². The van der Waals surface area contributed by atoms with Crippen molar-refractivity contribution < 1.29 is 28.6 Å². The number of unbranched alkanes of at least 4 members (excludes halogenated alkanes) is 38. The third-order valence-electron chi connectivity index (χ3n) is 12.9. The molecule has 0 N–H and O–H groups in total. The molecule has 0 bridgehead atoms. The van der Waals surface area contributed by atoms with Crippen LogP contribution in [0.25, 0.3) is 0 Å². The molecule has 0 radical (unpaired) electrons. The fourth-order valence-electron chi connectivity index (χ4n) is 8.55. The molecule has 0 amide bonds. The van der Waals surface area contributed by atoms with Gasteiger partial charge in [-0.05, 0) is 70.6 Å². The lowest BCUT2D eigenvalue weighted by Gasteiger charge is -2.18. The molecular weight excluding hydrogens is 805 g/mol. The van der Waals surface area contributed by atoms with Gasteiger partial charge in [-0.15, -0.1) is 0 Å². The van der Waals surface area contributed by atoms with E-state index in [4.69, 9.17) is 14.2 Å². The number of allylic oxidation sites excluding steroid dienone is 4. The molecule has 0 unspecified atom stereocenters. The molecule has 6 heteroatoms. The number of carbonyl (C=O) groups is 3. The second kappa shape index (κ2) is 54.5. The zero-order valence-electron chi connectivity index (χ0n) is 43.8. The summed E-state index contributed by atoms with van der Waals surface area (Å²) in [5, 5.41) is 0. The van der Waals surface area contributed by atoms with Crippen LogP contribution in [0.15, 0.2) is 24.3 Å². The van der Waals surface area contributed by atoms with E-state index in [1.54, 1.807) is 0 Å². The van der Waals surface area contributed by atoms with E-state index >= 15 is 0 Å². The molecule has 0 heterocycles. The first-order valence-electron chi connectivity index (χ1n) is 28.8. The summed E-state index contributed by atoms with van der Waals surface area (Å²) in [7, 11) is 0. The van der Waals surface area contributed by atoms with E-state index in [-0.39, 0.29) is 31.1 Å². The highest BCUT2D eigenvalue weighted by Crippen LogP contribution is 2.16. The van der Waals surface area contributed by atoms with Gasteiger partial charge in [-0.3, -0.25) is 14.4 Å². The van der Waals surface area contributed by atoms with Crippen molar-refractivity contribution >= 4 is 17.9 Å². The van der Waals surface area contributed by atoms with Crippen molar-refractivity contribution in [2.75, 3.05) is 13.2 Å². The molecule has 0 aromatic heterocycles. The van der Waals surface area contributed by atoms with E-state index in [0.717, 1.165) is 70.6 Å². The van der Waals surface area contributed by atoms with Crippen molar-refractivity contribution in [2.24, 2.45) is 0 Å². The minimum atomic E-state index is -0.775. The van der Waals surface area contributed by atoms with E-state index < -0.39 is 6.10 Å². The van der Waals surface area contributed by atoms with Gasteiger partial charge in [0, 0.05) is 19.3 Å². The van der Waals surface area contributed by atoms with Crippen LogP contribution in [0.1, 0.15) is 316 Å². The lowest BCUT2D eigenvalue weighted by atomic mass is 10.0. The topological polar surface area (TPSA) is 78.9 Å². The third-order valence-corrected chi connectivity index (χ3v) is 12.9. The zero-order chi connectivity index (χ0) is 47.2. The SMILES string of the molecule is CCCCCCC/C=C\CCCCCCCC(=O)OC[C@H](COC(=O)CCCCCCCCCCCCCCCCCCC)OC(=O)CCCCCCC/C=C\CCCCCCCCC. The predicted molar refractivity (Wildman–Crippen MR) is 279 cm³/mol. The van der Waals surface area contributed by atoms with Gasteiger partial charge in [0.15, 0.2) is 6.10 Å². The Hall–Kier alpha value is -2.11. The molecule has 0 fully saturated rings. The highest BCUT2D eigenvalue weighted by Gasteiger charge is 2.19. The molecule has 65 heavy (non-hydrogen) atoms. The number of esters is 3. The van der Waals surface area contributed by atoms with E-state index in [0.29, 0.717) is 19.3 Å². The molecule has 0 aliphatic heterocycles. The molecule has 0 saturated carbocycles. The van der Waals surface area contributed by atoms with Crippen LogP contribution in [0.4, 0.5) is 0 Å². The molecule has 6 nitrogen and oxygen atoms in total. The van der Waals surface area contributed by atoms with Gasteiger partial charge < -0.3 is 14.2 Å². The molecule has 1 atom stereocenters. The summed E-state index contributed by atoms with van der Waals surface area (Å²) >= 11 is 0. The quantitative estimate of drug-likeness (QED) is 0.0262. The third kappa shape index (κ3) is 52.7. The summed E-state index contributed by atoms with van der Waals surface area (Å²) in [6, 6.07) is 0. The summed E-state index contributed by atoms with van der Waals surface area (Å²) in [6.45, 7) is 6.66. The molecule has 382 valence electrons. The fraction of sp³-hybridized carbons (Fsp3) is 0.881. The van der Waals surface area contributed by atoms with Gasteiger partial charge in [-0.25, -0.2) is 0 Å². The summed E-state index contributed by atoms with van der Waals surface area (Å²) in [5.41, 5.74) is 0. The fourth-order valence-corrected chi connectivity index (χ4v) is 8.55. The van der Waals surface area contributed by atoms with Crippen molar-refractivity contribution in [1.82, 2.24) is 0 Å². The second-order valence-electron chi connectivity index (χ2n) is 19.6. The Bertz CT molecular complexity index is 1050. The highest BCUT2D eigenvalue weighted by atomic mass is 16.6. The van der Waals surface area contributed by atoms with Gasteiger partial charge >= 0.3 is 17.9 Å². The maximum Gasteiger partial charge on any atom is 0.306 e. The summed E-state index contributed by atoms with van der Waals surface area (Å²) in [6.07, 6.45) is 63.1. The van der Waals surface area contributed by atoms with Crippen molar-refractivity contribution in [3.05, 3.63) is 24.3 Å². The number of hydrogen-bond acceptors (Lipinski definition) is 6. The first-order valence-corrected chi connectivity index (χ1v) is 28.8. The van der Waals surface area contributed by atoms with Crippen LogP contribution in [0.3, 0.4) is 0 Å². The van der Waals surface area contributed by atoms with Crippen LogP contribution in [-0.2, 0) is 28.6 Å². The molecule has 0 aromatic carbocycles. The first-order chi connectivity index (χ1) is 32.0. The van der Waals surface area contributed by atoms with Crippen molar-refractivity contribution in [2.45, 2.75) is 322 Å². The van der Waals surface area contributed by atoms with Crippen LogP contribution in [0, 0.1) is 0 Å². The van der Waals surface area contributed by atoms with Crippen LogP contribution < -0.4 is 0 Å². The Morgan fingerprint density at radius 2 is 0.508 bits per heavy atom. The normalized spacial score (nSPS) is 12.1. The van der Waals surface area contributed by atoms with Crippen molar-refractivity contribution in [3.63, 3.8) is 0 Å². The number of ether oxygens (including phenoxy) is 3. The Kier molecular flexibility index (Phi) is 52.7. The smallest absolute Gasteiger partial charge is 0.306 e. The van der Waals surface area contributed by atoms with Gasteiger partial charge in [0.1, 0.15) is 13.2 Å². The van der Waals surface area contributed by atoms with Gasteiger partial charge in [0.05, 0.1) is 0 Å². The lowest BCUT2D eigenvalue weighted by Crippen LogP contribution is -2.30. The Labute approximate surface area is 404 Å². The zero-order valence-corrected chi connectivity index (χ0v) is 43.8. The minimum absolute atomic E-state index is 0.0728. The van der Waals surface area contributed by atoms with E-state index in [2.05, 4.69) is 45.1 Å². The Balaban J connectivity index is 4.34. The maximum atomic E-state index is 12.8. The molecule has 0 spiro atoms. The number of rotatable bonds is 53. The van der Waals surface area contributed by atoms with Crippen LogP contribution in [-0.4, -0.2) is 37.2 Å². The van der Waals surface area contributed by atoms with E-state index in [1.807, 2.05) is 0 Å². The van der Waals surface area contributed by atoms with Gasteiger partial charge in [0.2, 0.25) is 0 Å². The van der Waals surface area contributed by atoms with Crippen LogP contribution in [0.5, 0.6) is 0 Å². The van der Waals surface area contributed by atoms with Crippen LogP contribution in [0.2, 0.25) is 0 Å². The average molecular weight is 916 g/mol. The first kappa shape index (κ1) is 62.9. The monoisotopic (exact) mass is 915 g/mol. The van der Waals surface area contributed by atoms with Gasteiger partial charge in [-0.2, -0.15) is 0 Å². The van der Waals surface area contributed by atoms with Gasteiger partial charge in [0.25, 0.3) is 0 Å². The number of carbonyl (C=O) groups excluding carboxylic acids is 3. The molecule has 0 aliphatic rings. The standard InChI is InChI=1S/C59H110O6/c1-4-7-10-13-16-19-22-25-28-30-32-34-37-40-43-46-49-52-58(61)64-55-56(54-63-57(60)51-48-45-42-39-36-33-27-24-21-18-15-12-9-6-3)65-59(62)53-50-47-44-41-38-35-31-29-26-23-20-17-14-11-8-5-2/h24,27,29,31,56H,4-23,25-26,28,30,32-55H2,1-3H3/b27-24-,31-29-/t56-/m1/s1. The molecular formula is C59H110O6. The average Bonchev–Trinajstić information content (AvgIpc) is 3.30. The Morgan fingerprint density at radius 3 is 0.769 bits per heavy atom. The molecule has 0 aromatic rings. The minimum Gasteiger partial charge on any atom is -0.462 e. The van der Waals surface area contributed by atoms with Crippen LogP contribution >= 0.6 is 0 Å². The number of hydrogen-bond donors (Lipinski definition) is 0. The summed E-state index contributed by atoms with van der Waals surface area (Å²) in [4.78, 5) is 38.1. The lowest BCUT2D eigenvalue weighted by molar-refractivity contribution is -0.167.